The van der Waals surface area contributed by atoms with E-state index in [0.29, 0.717) is 17.9 Å². The Hall–Kier alpha value is -2.67. The van der Waals surface area contributed by atoms with Gasteiger partial charge in [-0.2, -0.15) is 0 Å². The molecule has 0 aliphatic carbocycles. The van der Waals surface area contributed by atoms with Crippen molar-refractivity contribution in [3.05, 3.63) is 54.1 Å². The van der Waals surface area contributed by atoms with Gasteiger partial charge < -0.3 is 0 Å². The summed E-state index contributed by atoms with van der Waals surface area (Å²) in [6, 6.07) is 13.5. The monoisotopic (exact) mass is 370 g/mol. The first-order valence-electron chi connectivity index (χ1n) is 8.55. The predicted molar refractivity (Wildman–Crippen MR) is 97.5 cm³/mol. The molecule has 2 amide bonds. The van der Waals surface area contributed by atoms with Gasteiger partial charge in [0.2, 0.25) is 11.8 Å². The number of benzene rings is 2. The summed E-state index contributed by atoms with van der Waals surface area (Å²) in [5, 5.41) is 0. The van der Waals surface area contributed by atoms with Crippen LogP contribution in [0.2, 0.25) is 0 Å². The molecule has 26 heavy (non-hydrogen) atoms. The van der Waals surface area contributed by atoms with Crippen LogP contribution in [-0.4, -0.2) is 26.8 Å². The SMILES string of the molecule is O=C1CCC(=O)N1c1ccc(S(=O)(=O)N2CCCc3ccccc32)cc1. The fraction of sp³-hybridized carbons (Fsp3) is 0.263. The van der Waals surface area contributed by atoms with Crippen LogP contribution in [0.15, 0.2) is 53.4 Å². The van der Waals surface area contributed by atoms with E-state index < -0.39 is 10.0 Å². The Morgan fingerprint density at radius 2 is 1.46 bits per heavy atom. The summed E-state index contributed by atoms with van der Waals surface area (Å²) in [4.78, 5) is 24.9. The smallest absolute Gasteiger partial charge is 0.264 e. The molecule has 0 unspecified atom stereocenters. The number of imide groups is 1. The van der Waals surface area contributed by atoms with E-state index in [0.717, 1.165) is 23.3 Å². The number of amides is 2. The number of hydrogen-bond donors (Lipinski definition) is 0. The molecule has 0 spiro atoms. The first-order chi connectivity index (χ1) is 12.5. The lowest BCUT2D eigenvalue weighted by Crippen LogP contribution is -2.35. The Morgan fingerprint density at radius 1 is 0.808 bits per heavy atom. The maximum Gasteiger partial charge on any atom is 0.264 e. The lowest BCUT2D eigenvalue weighted by Gasteiger charge is -2.30. The topological polar surface area (TPSA) is 74.8 Å². The van der Waals surface area contributed by atoms with Crippen molar-refractivity contribution in [3.8, 4) is 0 Å². The minimum absolute atomic E-state index is 0.150. The molecule has 0 radical (unpaired) electrons. The first-order valence-corrected chi connectivity index (χ1v) is 9.99. The highest BCUT2D eigenvalue weighted by molar-refractivity contribution is 7.92. The zero-order chi connectivity index (χ0) is 18.3. The molecule has 1 saturated heterocycles. The maximum atomic E-state index is 13.1. The molecule has 0 saturated carbocycles. The van der Waals surface area contributed by atoms with Crippen molar-refractivity contribution in [1.29, 1.82) is 0 Å². The summed E-state index contributed by atoms with van der Waals surface area (Å²) >= 11 is 0. The van der Waals surface area contributed by atoms with Crippen LogP contribution in [0.3, 0.4) is 0 Å². The molecule has 6 nitrogen and oxygen atoms in total. The maximum absolute atomic E-state index is 13.1. The van der Waals surface area contributed by atoms with Crippen LogP contribution in [0.1, 0.15) is 24.8 Å². The Morgan fingerprint density at radius 3 is 2.15 bits per heavy atom. The number of fused-ring (bicyclic) bond motifs is 1. The molecular formula is C19H18N2O4S. The molecule has 4 rings (SSSR count). The van der Waals surface area contributed by atoms with E-state index in [-0.39, 0.29) is 29.6 Å². The lowest BCUT2D eigenvalue weighted by atomic mass is 10.0. The van der Waals surface area contributed by atoms with Crippen molar-refractivity contribution in [2.45, 2.75) is 30.6 Å². The molecule has 1 fully saturated rings. The lowest BCUT2D eigenvalue weighted by molar-refractivity contribution is -0.121. The van der Waals surface area contributed by atoms with Crippen molar-refractivity contribution in [2.75, 3.05) is 15.7 Å². The van der Waals surface area contributed by atoms with Crippen molar-refractivity contribution >= 4 is 33.2 Å². The minimum atomic E-state index is -3.70. The molecule has 0 bridgehead atoms. The third-order valence-corrected chi connectivity index (χ3v) is 6.63. The van der Waals surface area contributed by atoms with Crippen LogP contribution in [0, 0.1) is 0 Å². The second-order valence-corrected chi connectivity index (χ2v) is 8.29. The average Bonchev–Trinajstić information content (AvgIpc) is 2.99. The van der Waals surface area contributed by atoms with Gasteiger partial charge >= 0.3 is 0 Å². The number of sulfonamides is 1. The third kappa shape index (κ3) is 2.68. The molecule has 134 valence electrons. The molecule has 2 heterocycles. The first kappa shape index (κ1) is 16.8. The molecule has 2 aliphatic rings. The van der Waals surface area contributed by atoms with Crippen molar-refractivity contribution in [3.63, 3.8) is 0 Å². The van der Waals surface area contributed by atoms with Gasteiger partial charge in [0.25, 0.3) is 10.0 Å². The second kappa shape index (κ2) is 6.25. The highest BCUT2D eigenvalue weighted by Gasteiger charge is 2.32. The number of aryl methyl sites for hydroxylation is 1. The van der Waals surface area contributed by atoms with Crippen LogP contribution in [0.5, 0.6) is 0 Å². The van der Waals surface area contributed by atoms with Crippen LogP contribution in [0.4, 0.5) is 11.4 Å². The van der Waals surface area contributed by atoms with Gasteiger partial charge in [-0.1, -0.05) is 18.2 Å². The number of rotatable bonds is 3. The van der Waals surface area contributed by atoms with E-state index in [2.05, 4.69) is 0 Å². The minimum Gasteiger partial charge on any atom is -0.274 e. The average molecular weight is 370 g/mol. The van der Waals surface area contributed by atoms with E-state index in [1.807, 2.05) is 24.3 Å². The summed E-state index contributed by atoms with van der Waals surface area (Å²) in [6.07, 6.45) is 2.03. The number of carbonyl (C=O) groups excluding carboxylic acids is 2. The number of hydrogen-bond acceptors (Lipinski definition) is 4. The van der Waals surface area contributed by atoms with Crippen LogP contribution in [-0.2, 0) is 26.0 Å². The summed E-state index contributed by atoms with van der Waals surface area (Å²) in [7, 11) is -3.70. The Kier molecular flexibility index (Phi) is 4.03. The number of para-hydroxylation sites is 1. The number of anilines is 2. The van der Waals surface area contributed by atoms with E-state index in [1.165, 1.54) is 28.6 Å². The van der Waals surface area contributed by atoms with E-state index in [4.69, 9.17) is 0 Å². The van der Waals surface area contributed by atoms with E-state index >= 15 is 0 Å². The Balaban J connectivity index is 1.67. The highest BCUT2D eigenvalue weighted by Crippen LogP contribution is 2.32. The Bertz CT molecular complexity index is 967. The fourth-order valence-corrected chi connectivity index (χ4v) is 5.05. The van der Waals surface area contributed by atoms with Gasteiger partial charge in [0.15, 0.2) is 0 Å². The molecule has 0 N–H and O–H groups in total. The molecule has 2 aromatic carbocycles. The van der Waals surface area contributed by atoms with Gasteiger partial charge in [-0.25, -0.2) is 8.42 Å². The van der Waals surface area contributed by atoms with E-state index in [9.17, 15) is 18.0 Å². The van der Waals surface area contributed by atoms with E-state index in [1.54, 1.807) is 0 Å². The van der Waals surface area contributed by atoms with Crippen molar-refractivity contribution in [1.82, 2.24) is 0 Å². The van der Waals surface area contributed by atoms with Gasteiger partial charge in [0.1, 0.15) is 0 Å². The molecular weight excluding hydrogens is 352 g/mol. The molecule has 2 aromatic rings. The van der Waals surface area contributed by atoms with Gasteiger partial charge in [-0.05, 0) is 48.7 Å². The van der Waals surface area contributed by atoms with Gasteiger partial charge in [-0.15, -0.1) is 0 Å². The third-order valence-electron chi connectivity index (χ3n) is 4.80. The largest absolute Gasteiger partial charge is 0.274 e. The molecule has 0 atom stereocenters. The zero-order valence-corrected chi connectivity index (χ0v) is 14.9. The van der Waals surface area contributed by atoms with Crippen LogP contribution in [0.25, 0.3) is 0 Å². The van der Waals surface area contributed by atoms with Crippen LogP contribution >= 0.6 is 0 Å². The van der Waals surface area contributed by atoms with Crippen molar-refractivity contribution in [2.24, 2.45) is 0 Å². The summed E-state index contributed by atoms with van der Waals surface area (Å²) in [6.45, 7) is 0.435. The summed E-state index contributed by atoms with van der Waals surface area (Å²) < 4.78 is 27.6. The predicted octanol–water partition coefficient (Wildman–Crippen LogP) is 2.48. The normalized spacial score (nSPS) is 17.5. The van der Waals surface area contributed by atoms with Gasteiger partial charge in [-0.3, -0.25) is 18.8 Å². The molecule has 7 heteroatoms. The van der Waals surface area contributed by atoms with Crippen molar-refractivity contribution < 1.29 is 18.0 Å². The highest BCUT2D eigenvalue weighted by atomic mass is 32.2. The van der Waals surface area contributed by atoms with Gasteiger partial charge in [0.05, 0.1) is 16.3 Å². The summed E-state index contributed by atoms with van der Waals surface area (Å²) in [5.74, 6) is -0.508. The molecule has 0 aromatic heterocycles. The van der Waals surface area contributed by atoms with Crippen LogP contribution < -0.4 is 9.21 Å². The zero-order valence-electron chi connectivity index (χ0n) is 14.1. The Labute approximate surface area is 152 Å². The number of carbonyl (C=O) groups is 2. The standard InChI is InChI=1S/C19H18N2O4S/c22-18-11-12-19(23)21(18)15-7-9-16(10-8-15)26(24,25)20-13-3-5-14-4-1-2-6-17(14)20/h1-2,4,6-10H,3,5,11-13H2. The molecule has 2 aliphatic heterocycles. The second-order valence-electron chi connectivity index (χ2n) is 6.43. The summed E-state index contributed by atoms with van der Waals surface area (Å²) in [5.41, 5.74) is 2.15. The fourth-order valence-electron chi connectivity index (χ4n) is 3.51. The number of nitrogens with zero attached hydrogens (tertiary/aromatic N) is 2. The quantitative estimate of drug-likeness (QED) is 0.778. The van der Waals surface area contributed by atoms with Gasteiger partial charge in [0, 0.05) is 19.4 Å².